The SMILES string of the molecule is CCC(C)C(C)NC(=O)Cc1ccc(N)cn1. The van der Waals surface area contributed by atoms with Crippen LogP contribution in [-0.2, 0) is 11.2 Å². The van der Waals surface area contributed by atoms with E-state index in [0.29, 0.717) is 18.0 Å². The zero-order valence-electron chi connectivity index (χ0n) is 10.7. The summed E-state index contributed by atoms with van der Waals surface area (Å²) in [5.41, 5.74) is 6.89. The first-order chi connectivity index (χ1) is 8.02. The highest BCUT2D eigenvalue weighted by Gasteiger charge is 2.13. The van der Waals surface area contributed by atoms with Crippen LogP contribution in [0.25, 0.3) is 0 Å². The first kappa shape index (κ1) is 13.5. The smallest absolute Gasteiger partial charge is 0.226 e. The fourth-order valence-corrected chi connectivity index (χ4v) is 1.51. The van der Waals surface area contributed by atoms with E-state index in [9.17, 15) is 4.79 Å². The van der Waals surface area contributed by atoms with Gasteiger partial charge in [0.05, 0.1) is 18.3 Å². The first-order valence-corrected chi connectivity index (χ1v) is 6.02. The van der Waals surface area contributed by atoms with Gasteiger partial charge < -0.3 is 11.1 Å². The Morgan fingerprint density at radius 3 is 2.71 bits per heavy atom. The monoisotopic (exact) mass is 235 g/mol. The number of rotatable bonds is 5. The van der Waals surface area contributed by atoms with Crippen LogP contribution in [0.1, 0.15) is 32.9 Å². The van der Waals surface area contributed by atoms with Crippen LogP contribution in [-0.4, -0.2) is 16.9 Å². The lowest BCUT2D eigenvalue weighted by atomic mass is 10.0. The minimum Gasteiger partial charge on any atom is -0.397 e. The third-order valence-electron chi connectivity index (χ3n) is 3.08. The van der Waals surface area contributed by atoms with Gasteiger partial charge in [0.2, 0.25) is 5.91 Å². The maximum Gasteiger partial charge on any atom is 0.226 e. The molecule has 94 valence electrons. The molecule has 3 N–H and O–H groups in total. The van der Waals surface area contributed by atoms with Crippen LogP contribution in [0.3, 0.4) is 0 Å². The summed E-state index contributed by atoms with van der Waals surface area (Å²) >= 11 is 0. The van der Waals surface area contributed by atoms with Crippen molar-refractivity contribution >= 4 is 11.6 Å². The Balaban J connectivity index is 2.47. The molecule has 4 heteroatoms. The van der Waals surface area contributed by atoms with E-state index in [0.717, 1.165) is 12.1 Å². The Hall–Kier alpha value is -1.58. The lowest BCUT2D eigenvalue weighted by molar-refractivity contribution is -0.121. The van der Waals surface area contributed by atoms with Crippen LogP contribution in [0.15, 0.2) is 18.3 Å². The van der Waals surface area contributed by atoms with Gasteiger partial charge in [-0.05, 0) is 25.0 Å². The van der Waals surface area contributed by atoms with Gasteiger partial charge in [0.15, 0.2) is 0 Å². The van der Waals surface area contributed by atoms with E-state index in [4.69, 9.17) is 5.73 Å². The van der Waals surface area contributed by atoms with Crippen LogP contribution in [0.2, 0.25) is 0 Å². The highest BCUT2D eigenvalue weighted by molar-refractivity contribution is 5.78. The topological polar surface area (TPSA) is 68.0 Å². The van der Waals surface area contributed by atoms with Crippen molar-refractivity contribution in [3.05, 3.63) is 24.0 Å². The molecule has 0 saturated carbocycles. The number of nitrogens with one attached hydrogen (secondary N) is 1. The van der Waals surface area contributed by atoms with Crippen molar-refractivity contribution in [3.8, 4) is 0 Å². The molecule has 0 bridgehead atoms. The fourth-order valence-electron chi connectivity index (χ4n) is 1.51. The van der Waals surface area contributed by atoms with Gasteiger partial charge in [-0.3, -0.25) is 9.78 Å². The van der Waals surface area contributed by atoms with Gasteiger partial charge in [0.25, 0.3) is 0 Å². The zero-order chi connectivity index (χ0) is 12.8. The number of nitrogens with zero attached hydrogens (tertiary/aromatic N) is 1. The standard InChI is InChI=1S/C13H21N3O/c1-4-9(2)10(3)16-13(17)7-12-6-5-11(14)8-15-12/h5-6,8-10H,4,7,14H2,1-3H3,(H,16,17). The summed E-state index contributed by atoms with van der Waals surface area (Å²) in [5, 5.41) is 2.98. The molecule has 1 heterocycles. The maximum absolute atomic E-state index is 11.7. The number of pyridine rings is 1. The van der Waals surface area contributed by atoms with Gasteiger partial charge >= 0.3 is 0 Å². The number of aromatic nitrogens is 1. The summed E-state index contributed by atoms with van der Waals surface area (Å²) in [6.07, 6.45) is 2.93. The van der Waals surface area contributed by atoms with E-state index in [1.54, 1.807) is 18.3 Å². The van der Waals surface area contributed by atoms with Crippen LogP contribution < -0.4 is 11.1 Å². The van der Waals surface area contributed by atoms with E-state index in [-0.39, 0.29) is 11.9 Å². The molecule has 1 aromatic rings. The van der Waals surface area contributed by atoms with E-state index in [1.165, 1.54) is 0 Å². The molecule has 0 saturated heterocycles. The normalized spacial score (nSPS) is 14.1. The molecule has 1 amide bonds. The fraction of sp³-hybridized carbons (Fsp3) is 0.538. The largest absolute Gasteiger partial charge is 0.397 e. The molecule has 1 aromatic heterocycles. The second-order valence-corrected chi connectivity index (χ2v) is 4.50. The predicted molar refractivity (Wildman–Crippen MR) is 69.4 cm³/mol. The van der Waals surface area contributed by atoms with Gasteiger partial charge in [0.1, 0.15) is 0 Å². The van der Waals surface area contributed by atoms with Crippen molar-refractivity contribution in [2.45, 2.75) is 39.7 Å². The molecule has 1 rings (SSSR count). The summed E-state index contributed by atoms with van der Waals surface area (Å²) in [4.78, 5) is 15.9. The second-order valence-electron chi connectivity index (χ2n) is 4.50. The van der Waals surface area contributed by atoms with Crippen LogP contribution in [0.5, 0.6) is 0 Å². The van der Waals surface area contributed by atoms with Crippen LogP contribution >= 0.6 is 0 Å². The lowest BCUT2D eigenvalue weighted by Gasteiger charge is -2.19. The molecule has 2 unspecified atom stereocenters. The number of carbonyl (C=O) groups is 1. The Kier molecular flexibility index (Phi) is 4.94. The van der Waals surface area contributed by atoms with Gasteiger partial charge in [0, 0.05) is 11.7 Å². The number of hydrogen-bond donors (Lipinski definition) is 2. The van der Waals surface area contributed by atoms with Gasteiger partial charge in [-0.15, -0.1) is 0 Å². The number of anilines is 1. The Labute approximate surface area is 103 Å². The number of nitrogens with two attached hydrogens (primary N) is 1. The van der Waals surface area contributed by atoms with Gasteiger partial charge in [-0.2, -0.15) is 0 Å². The molecular weight excluding hydrogens is 214 g/mol. The maximum atomic E-state index is 11.7. The quantitative estimate of drug-likeness (QED) is 0.817. The molecule has 0 spiro atoms. The van der Waals surface area contributed by atoms with Crippen molar-refractivity contribution in [1.29, 1.82) is 0 Å². The molecule has 0 aliphatic carbocycles. The zero-order valence-corrected chi connectivity index (χ0v) is 10.7. The van der Waals surface area contributed by atoms with Gasteiger partial charge in [-0.25, -0.2) is 0 Å². The second kappa shape index (κ2) is 6.23. The summed E-state index contributed by atoms with van der Waals surface area (Å²) < 4.78 is 0. The molecule has 0 aromatic carbocycles. The molecule has 4 nitrogen and oxygen atoms in total. The minimum atomic E-state index is 0.00933. The van der Waals surface area contributed by atoms with Crippen molar-refractivity contribution in [3.63, 3.8) is 0 Å². The molecule has 0 radical (unpaired) electrons. The van der Waals surface area contributed by atoms with E-state index >= 15 is 0 Å². The average molecular weight is 235 g/mol. The Morgan fingerprint density at radius 1 is 1.47 bits per heavy atom. The lowest BCUT2D eigenvalue weighted by Crippen LogP contribution is -2.37. The predicted octanol–water partition coefficient (Wildman–Crippen LogP) is 1.76. The van der Waals surface area contributed by atoms with Crippen molar-refractivity contribution in [1.82, 2.24) is 10.3 Å². The number of carbonyl (C=O) groups excluding carboxylic acids is 1. The van der Waals surface area contributed by atoms with Crippen LogP contribution in [0.4, 0.5) is 5.69 Å². The number of amides is 1. The first-order valence-electron chi connectivity index (χ1n) is 6.02. The number of nitrogen functional groups attached to an aromatic ring is 1. The number of hydrogen-bond acceptors (Lipinski definition) is 3. The third-order valence-corrected chi connectivity index (χ3v) is 3.08. The van der Waals surface area contributed by atoms with Gasteiger partial charge in [-0.1, -0.05) is 20.3 Å². The summed E-state index contributed by atoms with van der Waals surface area (Å²) in [6, 6.07) is 3.73. The highest BCUT2D eigenvalue weighted by atomic mass is 16.1. The molecule has 0 aliphatic rings. The molecule has 17 heavy (non-hydrogen) atoms. The Bertz CT molecular complexity index is 361. The molecular formula is C13H21N3O. The van der Waals surface area contributed by atoms with E-state index < -0.39 is 0 Å². The summed E-state index contributed by atoms with van der Waals surface area (Å²) in [5.74, 6) is 0.494. The summed E-state index contributed by atoms with van der Waals surface area (Å²) in [6.45, 7) is 6.28. The van der Waals surface area contributed by atoms with E-state index in [2.05, 4.69) is 24.1 Å². The molecule has 2 atom stereocenters. The third kappa shape index (κ3) is 4.43. The Morgan fingerprint density at radius 2 is 2.18 bits per heavy atom. The molecule has 0 fully saturated rings. The van der Waals surface area contributed by atoms with Crippen molar-refractivity contribution < 1.29 is 4.79 Å². The van der Waals surface area contributed by atoms with E-state index in [1.807, 2.05) is 6.92 Å². The van der Waals surface area contributed by atoms with Crippen molar-refractivity contribution in [2.75, 3.05) is 5.73 Å². The highest BCUT2D eigenvalue weighted by Crippen LogP contribution is 2.07. The summed E-state index contributed by atoms with van der Waals surface area (Å²) in [7, 11) is 0. The minimum absolute atomic E-state index is 0.00933. The van der Waals surface area contributed by atoms with Crippen LogP contribution in [0, 0.1) is 5.92 Å². The molecule has 0 aliphatic heterocycles. The van der Waals surface area contributed by atoms with Crippen molar-refractivity contribution in [2.24, 2.45) is 5.92 Å². The average Bonchev–Trinajstić information content (AvgIpc) is 2.30.